The number of halogens is 2. The average Bonchev–Trinajstić information content (AvgIpc) is 2.50. The zero-order valence-electron chi connectivity index (χ0n) is 12.4. The summed E-state index contributed by atoms with van der Waals surface area (Å²) in [7, 11) is 0. The molecule has 22 heavy (non-hydrogen) atoms. The van der Waals surface area contributed by atoms with Crippen LogP contribution in [-0.4, -0.2) is 12.0 Å². The first-order valence-electron chi connectivity index (χ1n) is 6.99. The third-order valence-corrected chi connectivity index (χ3v) is 3.89. The summed E-state index contributed by atoms with van der Waals surface area (Å²) in [6.45, 7) is 3.89. The second-order valence-electron chi connectivity index (χ2n) is 4.95. The van der Waals surface area contributed by atoms with Crippen LogP contribution in [0.2, 0.25) is 10.0 Å². The zero-order valence-corrected chi connectivity index (χ0v) is 13.9. The van der Waals surface area contributed by atoms with Crippen molar-refractivity contribution < 1.29 is 9.53 Å². The maximum Gasteiger partial charge on any atom is 0.265 e. The highest BCUT2D eigenvalue weighted by atomic mass is 35.5. The first-order valence-corrected chi connectivity index (χ1v) is 7.74. The highest BCUT2D eigenvalue weighted by molar-refractivity contribution is 6.42. The largest absolute Gasteiger partial charge is 0.481 e. The summed E-state index contributed by atoms with van der Waals surface area (Å²) in [5.74, 6) is 0.447. The predicted octanol–water partition coefficient (Wildman–Crippen LogP) is 5.10. The Balaban J connectivity index is 2.04. The van der Waals surface area contributed by atoms with Gasteiger partial charge in [0, 0.05) is 5.69 Å². The van der Waals surface area contributed by atoms with E-state index >= 15 is 0 Å². The van der Waals surface area contributed by atoms with Gasteiger partial charge in [-0.15, -0.1) is 0 Å². The van der Waals surface area contributed by atoms with Crippen LogP contribution in [0.15, 0.2) is 42.5 Å². The zero-order chi connectivity index (χ0) is 16.1. The van der Waals surface area contributed by atoms with Crippen LogP contribution < -0.4 is 10.1 Å². The Morgan fingerprint density at radius 3 is 2.41 bits per heavy atom. The Hall–Kier alpha value is -1.71. The maximum atomic E-state index is 12.3. The molecule has 1 amide bonds. The Labute approximate surface area is 140 Å². The Kier molecular flexibility index (Phi) is 5.69. The number of hydrogen-bond donors (Lipinski definition) is 1. The van der Waals surface area contributed by atoms with E-state index in [0.29, 0.717) is 27.9 Å². The van der Waals surface area contributed by atoms with E-state index in [0.717, 1.165) is 5.56 Å². The van der Waals surface area contributed by atoms with E-state index in [9.17, 15) is 4.79 Å². The molecule has 0 aliphatic carbocycles. The molecule has 1 N–H and O–H groups in total. The van der Waals surface area contributed by atoms with Gasteiger partial charge in [0.25, 0.3) is 5.91 Å². The monoisotopic (exact) mass is 337 g/mol. The van der Waals surface area contributed by atoms with Gasteiger partial charge in [-0.1, -0.05) is 47.8 Å². The van der Waals surface area contributed by atoms with Gasteiger partial charge in [0.05, 0.1) is 10.0 Å². The number of carbonyl (C=O) groups is 1. The van der Waals surface area contributed by atoms with E-state index in [1.807, 2.05) is 38.1 Å². The topological polar surface area (TPSA) is 38.3 Å². The summed E-state index contributed by atoms with van der Waals surface area (Å²) < 4.78 is 5.74. The van der Waals surface area contributed by atoms with Gasteiger partial charge in [0.2, 0.25) is 0 Å². The lowest BCUT2D eigenvalue weighted by atomic mass is 10.2. The van der Waals surface area contributed by atoms with Gasteiger partial charge >= 0.3 is 0 Å². The van der Waals surface area contributed by atoms with Gasteiger partial charge < -0.3 is 10.1 Å². The molecule has 2 aromatic rings. The van der Waals surface area contributed by atoms with Crippen molar-refractivity contribution in [2.45, 2.75) is 26.4 Å². The fourth-order valence-corrected chi connectivity index (χ4v) is 2.20. The SMILES string of the molecule is CCC(Oc1ccc(C)cc1)C(=O)Nc1ccc(Cl)c(Cl)c1. The van der Waals surface area contributed by atoms with Crippen molar-refractivity contribution in [3.63, 3.8) is 0 Å². The van der Waals surface area contributed by atoms with Crippen LogP contribution in [0.3, 0.4) is 0 Å². The third kappa shape index (κ3) is 4.39. The number of rotatable bonds is 5. The number of carbonyl (C=O) groups excluding carboxylic acids is 1. The molecule has 116 valence electrons. The van der Waals surface area contributed by atoms with Crippen LogP contribution in [0.1, 0.15) is 18.9 Å². The standard InChI is InChI=1S/C17H17Cl2NO2/c1-3-16(22-13-7-4-11(2)5-8-13)17(21)20-12-6-9-14(18)15(19)10-12/h4-10,16H,3H2,1-2H3,(H,20,21). The summed E-state index contributed by atoms with van der Waals surface area (Å²) in [5, 5.41) is 3.63. The smallest absolute Gasteiger partial charge is 0.265 e. The lowest BCUT2D eigenvalue weighted by molar-refractivity contribution is -0.122. The number of benzene rings is 2. The minimum atomic E-state index is -0.572. The molecule has 0 aliphatic rings. The Morgan fingerprint density at radius 1 is 1.14 bits per heavy atom. The van der Waals surface area contributed by atoms with Crippen molar-refractivity contribution in [1.29, 1.82) is 0 Å². The molecule has 2 rings (SSSR count). The summed E-state index contributed by atoms with van der Waals surface area (Å²) in [4.78, 5) is 12.3. The molecule has 1 atom stereocenters. The van der Waals surface area contributed by atoms with E-state index in [1.54, 1.807) is 18.2 Å². The van der Waals surface area contributed by atoms with Crippen molar-refractivity contribution in [2.75, 3.05) is 5.32 Å². The lowest BCUT2D eigenvalue weighted by Crippen LogP contribution is -2.32. The number of nitrogens with one attached hydrogen (secondary N) is 1. The number of amides is 1. The molecular weight excluding hydrogens is 321 g/mol. The van der Waals surface area contributed by atoms with E-state index in [2.05, 4.69) is 5.32 Å². The number of anilines is 1. The molecule has 0 radical (unpaired) electrons. The van der Waals surface area contributed by atoms with Gasteiger partial charge in [-0.25, -0.2) is 0 Å². The molecule has 0 aromatic heterocycles. The first kappa shape index (κ1) is 16.7. The highest BCUT2D eigenvalue weighted by Gasteiger charge is 2.18. The molecule has 0 saturated carbocycles. The summed E-state index contributed by atoms with van der Waals surface area (Å²) in [5.41, 5.74) is 1.73. The van der Waals surface area contributed by atoms with E-state index < -0.39 is 6.10 Å². The highest BCUT2D eigenvalue weighted by Crippen LogP contribution is 2.25. The molecular formula is C17H17Cl2NO2. The van der Waals surface area contributed by atoms with Crippen LogP contribution in [0.25, 0.3) is 0 Å². The quantitative estimate of drug-likeness (QED) is 0.824. The molecule has 0 fully saturated rings. The fourth-order valence-electron chi connectivity index (χ4n) is 1.90. The second-order valence-corrected chi connectivity index (χ2v) is 5.76. The van der Waals surface area contributed by atoms with Crippen LogP contribution in [0.5, 0.6) is 5.75 Å². The molecule has 1 unspecified atom stereocenters. The summed E-state index contributed by atoms with van der Waals surface area (Å²) >= 11 is 11.8. The van der Waals surface area contributed by atoms with Crippen LogP contribution >= 0.6 is 23.2 Å². The summed E-state index contributed by atoms with van der Waals surface area (Å²) in [6, 6.07) is 12.5. The average molecular weight is 338 g/mol. The molecule has 3 nitrogen and oxygen atoms in total. The number of aryl methyl sites for hydroxylation is 1. The van der Waals surface area contributed by atoms with Crippen molar-refractivity contribution in [3.8, 4) is 5.75 Å². The van der Waals surface area contributed by atoms with Crippen molar-refractivity contribution in [2.24, 2.45) is 0 Å². The maximum absolute atomic E-state index is 12.3. The molecule has 0 bridgehead atoms. The van der Waals surface area contributed by atoms with Crippen LogP contribution in [0, 0.1) is 6.92 Å². The summed E-state index contributed by atoms with van der Waals surface area (Å²) in [6.07, 6.45) is -0.0155. The normalized spacial score (nSPS) is 11.8. The van der Waals surface area contributed by atoms with E-state index in [4.69, 9.17) is 27.9 Å². The minimum Gasteiger partial charge on any atom is -0.481 e. The second kappa shape index (κ2) is 7.52. The van der Waals surface area contributed by atoms with E-state index in [-0.39, 0.29) is 5.91 Å². The fraction of sp³-hybridized carbons (Fsp3) is 0.235. The molecule has 0 spiro atoms. The van der Waals surface area contributed by atoms with Gasteiger partial charge in [-0.05, 0) is 43.7 Å². The minimum absolute atomic E-state index is 0.221. The first-order chi connectivity index (χ1) is 10.5. The van der Waals surface area contributed by atoms with Gasteiger partial charge in [-0.2, -0.15) is 0 Å². The Bertz CT molecular complexity index is 656. The Morgan fingerprint density at radius 2 is 1.82 bits per heavy atom. The van der Waals surface area contributed by atoms with Gasteiger partial charge in [-0.3, -0.25) is 4.79 Å². The van der Waals surface area contributed by atoms with E-state index in [1.165, 1.54) is 0 Å². The third-order valence-electron chi connectivity index (χ3n) is 3.15. The molecule has 2 aromatic carbocycles. The number of ether oxygens (including phenoxy) is 1. The van der Waals surface area contributed by atoms with Crippen molar-refractivity contribution >= 4 is 34.8 Å². The number of hydrogen-bond acceptors (Lipinski definition) is 2. The van der Waals surface area contributed by atoms with Crippen molar-refractivity contribution in [3.05, 3.63) is 58.1 Å². The molecule has 0 aliphatic heterocycles. The molecule has 0 heterocycles. The molecule has 0 saturated heterocycles. The molecule has 5 heteroatoms. The van der Waals surface area contributed by atoms with Crippen LogP contribution in [0.4, 0.5) is 5.69 Å². The van der Waals surface area contributed by atoms with Gasteiger partial charge in [0.15, 0.2) is 6.10 Å². The van der Waals surface area contributed by atoms with Gasteiger partial charge in [0.1, 0.15) is 5.75 Å². The van der Waals surface area contributed by atoms with Crippen molar-refractivity contribution in [1.82, 2.24) is 0 Å². The lowest BCUT2D eigenvalue weighted by Gasteiger charge is -2.17. The predicted molar refractivity (Wildman–Crippen MR) is 91.0 cm³/mol. The van der Waals surface area contributed by atoms with Crippen LogP contribution in [-0.2, 0) is 4.79 Å².